The van der Waals surface area contributed by atoms with Crippen LogP contribution in [0.4, 0.5) is 0 Å². The Bertz CT molecular complexity index is 1040. The summed E-state index contributed by atoms with van der Waals surface area (Å²) in [5.41, 5.74) is 2.82. The summed E-state index contributed by atoms with van der Waals surface area (Å²) in [5, 5.41) is 5.00. The van der Waals surface area contributed by atoms with Crippen LogP contribution in [0.15, 0.2) is 70.5 Å². The van der Waals surface area contributed by atoms with Crippen LogP contribution in [0.5, 0.6) is 0 Å². The van der Waals surface area contributed by atoms with Gasteiger partial charge in [-0.25, -0.2) is 4.98 Å². The van der Waals surface area contributed by atoms with Crippen LogP contribution in [-0.2, 0) is 17.9 Å². The first-order valence-electron chi connectivity index (χ1n) is 8.21. The summed E-state index contributed by atoms with van der Waals surface area (Å²) in [6.07, 6.45) is 0. The van der Waals surface area contributed by atoms with E-state index in [0.717, 1.165) is 31.8 Å². The van der Waals surface area contributed by atoms with Gasteiger partial charge in [0.05, 0.1) is 17.6 Å². The first-order valence-corrected chi connectivity index (χ1v) is 9.88. The van der Waals surface area contributed by atoms with E-state index >= 15 is 0 Å². The number of thiophene rings is 1. The van der Waals surface area contributed by atoms with E-state index in [1.807, 2.05) is 70.6 Å². The zero-order valence-corrected chi connectivity index (χ0v) is 16.3. The van der Waals surface area contributed by atoms with Crippen molar-refractivity contribution in [3.8, 4) is 11.4 Å². The average molecular weight is 426 g/mol. The van der Waals surface area contributed by atoms with Crippen LogP contribution in [0, 0.1) is 0 Å². The number of halogens is 1. The van der Waals surface area contributed by atoms with E-state index in [1.165, 1.54) is 0 Å². The molecule has 0 aliphatic heterocycles. The number of fused-ring (bicyclic) bond motifs is 1. The molecule has 4 rings (SSSR count). The van der Waals surface area contributed by atoms with Gasteiger partial charge in [0.25, 0.3) is 0 Å². The SMILES string of the molecule is O=C(Cn1c(-c2ccc(Br)cc2)nc2ccccc21)NCc1cccs1. The minimum absolute atomic E-state index is 0.0279. The lowest BCUT2D eigenvalue weighted by molar-refractivity contribution is -0.121. The fourth-order valence-electron chi connectivity index (χ4n) is 2.85. The number of para-hydroxylation sites is 2. The lowest BCUT2D eigenvalue weighted by atomic mass is 10.2. The van der Waals surface area contributed by atoms with Crippen molar-refractivity contribution in [1.29, 1.82) is 0 Å². The van der Waals surface area contributed by atoms with Crippen molar-refractivity contribution in [2.24, 2.45) is 0 Å². The molecule has 26 heavy (non-hydrogen) atoms. The van der Waals surface area contributed by atoms with E-state index in [9.17, 15) is 4.79 Å². The van der Waals surface area contributed by atoms with Gasteiger partial charge in [0, 0.05) is 14.9 Å². The van der Waals surface area contributed by atoms with Gasteiger partial charge in [-0.3, -0.25) is 4.79 Å². The minimum Gasteiger partial charge on any atom is -0.350 e. The fourth-order valence-corrected chi connectivity index (χ4v) is 3.76. The fraction of sp³-hybridized carbons (Fsp3) is 0.100. The molecule has 0 saturated carbocycles. The summed E-state index contributed by atoms with van der Waals surface area (Å²) in [5.74, 6) is 0.768. The van der Waals surface area contributed by atoms with E-state index in [1.54, 1.807) is 11.3 Å². The van der Waals surface area contributed by atoms with Crippen molar-refractivity contribution in [2.45, 2.75) is 13.1 Å². The second-order valence-corrected chi connectivity index (χ2v) is 7.82. The largest absolute Gasteiger partial charge is 0.350 e. The lowest BCUT2D eigenvalue weighted by Crippen LogP contribution is -2.27. The van der Waals surface area contributed by atoms with Crippen LogP contribution < -0.4 is 5.32 Å². The predicted octanol–water partition coefficient (Wildman–Crippen LogP) is 4.84. The Morgan fingerprint density at radius 1 is 1.08 bits per heavy atom. The van der Waals surface area contributed by atoms with Crippen LogP contribution in [0.3, 0.4) is 0 Å². The number of nitrogens with zero attached hydrogens (tertiary/aromatic N) is 2. The third-order valence-electron chi connectivity index (χ3n) is 4.10. The molecule has 6 heteroatoms. The molecule has 4 aromatic rings. The molecule has 2 aromatic heterocycles. The Morgan fingerprint density at radius 3 is 2.65 bits per heavy atom. The van der Waals surface area contributed by atoms with Gasteiger partial charge in [-0.2, -0.15) is 0 Å². The smallest absolute Gasteiger partial charge is 0.240 e. The Kier molecular flexibility index (Phi) is 4.86. The molecule has 0 fully saturated rings. The Balaban J connectivity index is 1.65. The molecule has 0 bridgehead atoms. The first-order chi connectivity index (χ1) is 12.7. The topological polar surface area (TPSA) is 46.9 Å². The molecule has 0 aliphatic carbocycles. The van der Waals surface area contributed by atoms with Gasteiger partial charge in [-0.15, -0.1) is 11.3 Å². The number of hydrogen-bond acceptors (Lipinski definition) is 3. The highest BCUT2D eigenvalue weighted by molar-refractivity contribution is 9.10. The van der Waals surface area contributed by atoms with E-state index in [-0.39, 0.29) is 12.5 Å². The monoisotopic (exact) mass is 425 g/mol. The third-order valence-corrected chi connectivity index (χ3v) is 5.50. The molecule has 0 unspecified atom stereocenters. The maximum atomic E-state index is 12.5. The van der Waals surface area contributed by atoms with Crippen molar-refractivity contribution >= 4 is 44.2 Å². The van der Waals surface area contributed by atoms with E-state index in [4.69, 9.17) is 4.98 Å². The molecular formula is C20H16BrN3OS. The molecule has 1 amide bonds. The molecule has 4 nitrogen and oxygen atoms in total. The predicted molar refractivity (Wildman–Crippen MR) is 109 cm³/mol. The minimum atomic E-state index is -0.0279. The second kappa shape index (κ2) is 7.43. The van der Waals surface area contributed by atoms with Crippen molar-refractivity contribution in [1.82, 2.24) is 14.9 Å². The van der Waals surface area contributed by atoms with Crippen LogP contribution in [0.25, 0.3) is 22.4 Å². The van der Waals surface area contributed by atoms with Crippen LogP contribution >= 0.6 is 27.3 Å². The Hall–Kier alpha value is -2.44. The molecule has 2 aromatic carbocycles. The number of rotatable bonds is 5. The number of amides is 1. The van der Waals surface area contributed by atoms with Gasteiger partial charge in [-0.1, -0.05) is 46.3 Å². The first kappa shape index (κ1) is 17.0. The van der Waals surface area contributed by atoms with Gasteiger partial charge in [-0.05, 0) is 35.7 Å². The number of carbonyl (C=O) groups excluding carboxylic acids is 1. The average Bonchev–Trinajstić information content (AvgIpc) is 3.29. The molecule has 2 heterocycles. The Morgan fingerprint density at radius 2 is 1.88 bits per heavy atom. The van der Waals surface area contributed by atoms with Gasteiger partial charge >= 0.3 is 0 Å². The number of hydrogen-bond donors (Lipinski definition) is 1. The van der Waals surface area contributed by atoms with Crippen molar-refractivity contribution < 1.29 is 4.79 Å². The normalized spacial score (nSPS) is 11.0. The van der Waals surface area contributed by atoms with Gasteiger partial charge in [0.2, 0.25) is 5.91 Å². The molecule has 0 spiro atoms. The maximum absolute atomic E-state index is 12.5. The van der Waals surface area contributed by atoms with Crippen molar-refractivity contribution in [2.75, 3.05) is 0 Å². The van der Waals surface area contributed by atoms with E-state index < -0.39 is 0 Å². The maximum Gasteiger partial charge on any atom is 0.240 e. The lowest BCUT2D eigenvalue weighted by Gasteiger charge is -2.10. The zero-order valence-electron chi connectivity index (χ0n) is 13.9. The second-order valence-electron chi connectivity index (χ2n) is 5.87. The highest BCUT2D eigenvalue weighted by Crippen LogP contribution is 2.26. The summed E-state index contributed by atoms with van der Waals surface area (Å²) < 4.78 is 2.99. The molecule has 0 aliphatic rings. The zero-order chi connectivity index (χ0) is 17.9. The summed E-state index contributed by atoms with van der Waals surface area (Å²) >= 11 is 5.10. The number of imidazole rings is 1. The molecule has 0 radical (unpaired) electrons. The summed E-state index contributed by atoms with van der Waals surface area (Å²) in [7, 11) is 0. The van der Waals surface area contributed by atoms with E-state index in [0.29, 0.717) is 6.54 Å². The van der Waals surface area contributed by atoms with Gasteiger partial charge in [0.15, 0.2) is 0 Å². The standard InChI is InChI=1S/C20H16BrN3OS/c21-15-9-7-14(8-10-15)20-23-17-5-1-2-6-18(17)24(20)13-19(25)22-12-16-4-3-11-26-16/h1-11H,12-13H2,(H,22,25). The van der Waals surface area contributed by atoms with Crippen LogP contribution in [0.2, 0.25) is 0 Å². The summed E-state index contributed by atoms with van der Waals surface area (Å²) in [6.45, 7) is 0.786. The third kappa shape index (κ3) is 3.57. The summed E-state index contributed by atoms with van der Waals surface area (Å²) in [6, 6.07) is 19.9. The molecule has 0 atom stereocenters. The molecule has 0 saturated heterocycles. The summed E-state index contributed by atoms with van der Waals surface area (Å²) in [4.78, 5) is 18.4. The number of aromatic nitrogens is 2. The molecule has 1 N–H and O–H groups in total. The number of carbonyl (C=O) groups is 1. The number of benzene rings is 2. The Labute approximate surface area is 163 Å². The highest BCUT2D eigenvalue weighted by Gasteiger charge is 2.15. The number of nitrogens with one attached hydrogen (secondary N) is 1. The van der Waals surface area contributed by atoms with E-state index in [2.05, 4.69) is 21.2 Å². The van der Waals surface area contributed by atoms with Gasteiger partial charge in [0.1, 0.15) is 12.4 Å². The van der Waals surface area contributed by atoms with Crippen LogP contribution in [-0.4, -0.2) is 15.5 Å². The highest BCUT2D eigenvalue weighted by atomic mass is 79.9. The molecular weight excluding hydrogens is 410 g/mol. The van der Waals surface area contributed by atoms with Crippen molar-refractivity contribution in [3.63, 3.8) is 0 Å². The van der Waals surface area contributed by atoms with Gasteiger partial charge < -0.3 is 9.88 Å². The quantitative estimate of drug-likeness (QED) is 0.496. The van der Waals surface area contributed by atoms with Crippen molar-refractivity contribution in [3.05, 3.63) is 75.4 Å². The molecule has 130 valence electrons. The van der Waals surface area contributed by atoms with Crippen LogP contribution in [0.1, 0.15) is 4.88 Å².